The number of rotatable bonds is 4. The van der Waals surface area contributed by atoms with E-state index in [9.17, 15) is 22.7 Å². The van der Waals surface area contributed by atoms with Crippen molar-refractivity contribution in [1.29, 1.82) is 0 Å². The van der Waals surface area contributed by atoms with Crippen LogP contribution in [0.5, 0.6) is 0 Å². The Morgan fingerprint density at radius 2 is 2.08 bits per heavy atom. The summed E-state index contributed by atoms with van der Waals surface area (Å²) in [5.74, 6) is -2.27. The maximum Gasteiger partial charge on any atom is 0.308 e. The number of nitrogens with zero attached hydrogens (tertiary/aromatic N) is 3. The molecular weight excluding hydrogens is 349 g/mol. The molecule has 2 heterocycles. The third-order valence-electron chi connectivity index (χ3n) is 4.51. The normalized spacial score (nSPS) is 22.0. The average molecular weight is 367 g/mol. The van der Waals surface area contributed by atoms with Crippen LogP contribution in [0.25, 0.3) is 5.69 Å². The van der Waals surface area contributed by atoms with Crippen LogP contribution in [0.4, 0.5) is 4.39 Å². The lowest BCUT2D eigenvalue weighted by Crippen LogP contribution is -2.48. The molecule has 25 heavy (non-hydrogen) atoms. The first-order chi connectivity index (χ1) is 11.8. The van der Waals surface area contributed by atoms with E-state index in [4.69, 9.17) is 0 Å². The zero-order valence-electron chi connectivity index (χ0n) is 13.5. The average Bonchev–Trinajstić information content (AvgIpc) is 3.05. The lowest BCUT2D eigenvalue weighted by Gasteiger charge is -2.36. The van der Waals surface area contributed by atoms with Gasteiger partial charge in [-0.25, -0.2) is 17.5 Å². The molecule has 9 heteroatoms. The first kappa shape index (κ1) is 17.6. The molecule has 0 bridgehead atoms. The fraction of sp³-hybridized carbons (Fsp3) is 0.375. The van der Waals surface area contributed by atoms with Crippen LogP contribution in [0.3, 0.4) is 0 Å². The number of para-hydroxylation sites is 1. The SMILES string of the molecule is C[C@@H]1[C@H](C(=O)O)CCCN1S(=O)(=O)c1cnn(-c2ccccc2F)c1. The summed E-state index contributed by atoms with van der Waals surface area (Å²) < 4.78 is 42.0. The number of sulfonamides is 1. The highest BCUT2D eigenvalue weighted by molar-refractivity contribution is 7.89. The number of hydrogen-bond acceptors (Lipinski definition) is 4. The number of carboxylic acid groups (broad SMARTS) is 1. The third kappa shape index (κ3) is 3.16. The van der Waals surface area contributed by atoms with Crippen molar-refractivity contribution in [2.75, 3.05) is 6.54 Å². The zero-order chi connectivity index (χ0) is 18.2. The number of benzene rings is 1. The lowest BCUT2D eigenvalue weighted by atomic mass is 9.92. The molecule has 0 spiro atoms. The van der Waals surface area contributed by atoms with Crippen molar-refractivity contribution in [3.63, 3.8) is 0 Å². The molecule has 0 radical (unpaired) electrons. The molecule has 1 aromatic carbocycles. The van der Waals surface area contributed by atoms with Gasteiger partial charge in [0.2, 0.25) is 10.0 Å². The van der Waals surface area contributed by atoms with E-state index >= 15 is 0 Å². The van der Waals surface area contributed by atoms with Crippen LogP contribution in [-0.2, 0) is 14.8 Å². The Labute approximate surface area is 144 Å². The second-order valence-electron chi connectivity index (χ2n) is 6.02. The Bertz CT molecular complexity index is 896. The summed E-state index contributed by atoms with van der Waals surface area (Å²) in [6, 6.07) is 5.24. The predicted molar refractivity (Wildman–Crippen MR) is 87.2 cm³/mol. The van der Waals surface area contributed by atoms with Crippen molar-refractivity contribution in [1.82, 2.24) is 14.1 Å². The van der Waals surface area contributed by atoms with Gasteiger partial charge >= 0.3 is 5.97 Å². The molecular formula is C16H18FN3O4S. The van der Waals surface area contributed by atoms with Gasteiger partial charge in [-0.2, -0.15) is 9.40 Å². The monoisotopic (exact) mass is 367 g/mol. The molecule has 2 aromatic rings. The smallest absolute Gasteiger partial charge is 0.308 e. The van der Waals surface area contributed by atoms with Gasteiger partial charge in [-0.15, -0.1) is 0 Å². The van der Waals surface area contributed by atoms with Crippen LogP contribution in [0.2, 0.25) is 0 Å². The summed E-state index contributed by atoms with van der Waals surface area (Å²) in [4.78, 5) is 11.2. The molecule has 0 saturated carbocycles. The van der Waals surface area contributed by atoms with Crippen LogP contribution in [0.15, 0.2) is 41.6 Å². The van der Waals surface area contributed by atoms with Crippen molar-refractivity contribution in [2.24, 2.45) is 5.92 Å². The summed E-state index contributed by atoms with van der Waals surface area (Å²) in [5, 5.41) is 13.2. The molecule has 134 valence electrons. The third-order valence-corrected chi connectivity index (χ3v) is 6.45. The van der Waals surface area contributed by atoms with Crippen molar-refractivity contribution in [3.05, 3.63) is 42.5 Å². The van der Waals surface area contributed by atoms with E-state index in [1.807, 2.05) is 0 Å². The minimum Gasteiger partial charge on any atom is -0.481 e. The van der Waals surface area contributed by atoms with E-state index in [2.05, 4.69) is 5.10 Å². The molecule has 1 N–H and O–H groups in total. The zero-order valence-corrected chi connectivity index (χ0v) is 14.4. The van der Waals surface area contributed by atoms with E-state index in [-0.39, 0.29) is 17.1 Å². The van der Waals surface area contributed by atoms with Gasteiger partial charge in [-0.3, -0.25) is 4.79 Å². The summed E-state index contributed by atoms with van der Waals surface area (Å²) in [5.41, 5.74) is 0.138. The number of carboxylic acids is 1. The highest BCUT2D eigenvalue weighted by Crippen LogP contribution is 2.29. The van der Waals surface area contributed by atoms with E-state index in [0.717, 1.165) is 10.9 Å². The molecule has 3 rings (SSSR count). The van der Waals surface area contributed by atoms with Gasteiger partial charge in [-0.1, -0.05) is 12.1 Å². The fourth-order valence-corrected chi connectivity index (χ4v) is 4.76. The minimum absolute atomic E-state index is 0.0892. The molecule has 2 atom stereocenters. The van der Waals surface area contributed by atoms with Crippen molar-refractivity contribution < 1.29 is 22.7 Å². The lowest BCUT2D eigenvalue weighted by molar-refractivity contribution is -0.144. The van der Waals surface area contributed by atoms with E-state index in [1.165, 1.54) is 28.7 Å². The number of halogens is 1. The highest BCUT2D eigenvalue weighted by Gasteiger charge is 2.40. The van der Waals surface area contributed by atoms with E-state index in [1.54, 1.807) is 13.0 Å². The number of piperidine rings is 1. The molecule has 0 unspecified atom stereocenters. The Kier molecular flexibility index (Phi) is 4.61. The maximum absolute atomic E-state index is 13.9. The van der Waals surface area contributed by atoms with Crippen molar-refractivity contribution in [2.45, 2.75) is 30.7 Å². The minimum atomic E-state index is -3.91. The van der Waals surface area contributed by atoms with Gasteiger partial charge in [0.1, 0.15) is 16.4 Å². The van der Waals surface area contributed by atoms with Crippen molar-refractivity contribution in [3.8, 4) is 5.69 Å². The first-order valence-electron chi connectivity index (χ1n) is 7.86. The van der Waals surface area contributed by atoms with Gasteiger partial charge in [0.05, 0.1) is 18.3 Å². The van der Waals surface area contributed by atoms with Gasteiger partial charge < -0.3 is 5.11 Å². The van der Waals surface area contributed by atoms with Crippen LogP contribution < -0.4 is 0 Å². The summed E-state index contributed by atoms with van der Waals surface area (Å²) in [6.45, 7) is 1.84. The standard InChI is InChI=1S/C16H18FN3O4S/c1-11-13(16(21)22)5-4-8-20(11)25(23,24)12-9-18-19(10-12)15-7-3-2-6-14(15)17/h2-3,6-7,9-11,13H,4-5,8H2,1H3,(H,21,22)/t11-,13-/m1/s1. The Morgan fingerprint density at radius 1 is 1.36 bits per heavy atom. The van der Waals surface area contributed by atoms with Crippen LogP contribution in [-0.4, -0.2) is 46.2 Å². The molecule has 0 amide bonds. The molecule has 1 saturated heterocycles. The molecule has 1 aromatic heterocycles. The van der Waals surface area contributed by atoms with Gasteiger partial charge in [0.15, 0.2) is 0 Å². The Hall–Kier alpha value is -2.26. The van der Waals surface area contributed by atoms with Crippen LogP contribution in [0, 0.1) is 11.7 Å². The number of aromatic nitrogens is 2. The van der Waals surface area contributed by atoms with Gasteiger partial charge in [0, 0.05) is 12.6 Å². The summed E-state index contributed by atoms with van der Waals surface area (Å²) in [7, 11) is -3.91. The fourth-order valence-electron chi connectivity index (χ4n) is 3.13. The van der Waals surface area contributed by atoms with E-state index in [0.29, 0.717) is 12.8 Å². The van der Waals surface area contributed by atoms with Crippen LogP contribution in [0.1, 0.15) is 19.8 Å². The number of hydrogen-bond donors (Lipinski definition) is 1. The number of carbonyl (C=O) groups is 1. The van der Waals surface area contributed by atoms with Gasteiger partial charge in [0.25, 0.3) is 0 Å². The summed E-state index contributed by atoms with van der Waals surface area (Å²) >= 11 is 0. The topological polar surface area (TPSA) is 92.5 Å². The second kappa shape index (κ2) is 6.57. The highest BCUT2D eigenvalue weighted by atomic mass is 32.2. The van der Waals surface area contributed by atoms with Gasteiger partial charge in [-0.05, 0) is 31.9 Å². The molecule has 1 aliphatic rings. The van der Waals surface area contributed by atoms with Crippen LogP contribution >= 0.6 is 0 Å². The maximum atomic E-state index is 13.9. The van der Waals surface area contributed by atoms with Crippen molar-refractivity contribution >= 4 is 16.0 Å². The second-order valence-corrected chi connectivity index (χ2v) is 7.91. The molecule has 0 aliphatic carbocycles. The Balaban J connectivity index is 1.93. The molecule has 1 aliphatic heterocycles. The largest absolute Gasteiger partial charge is 0.481 e. The Morgan fingerprint density at radius 3 is 2.76 bits per heavy atom. The van der Waals surface area contributed by atoms with E-state index < -0.39 is 33.8 Å². The number of aliphatic carboxylic acids is 1. The quantitative estimate of drug-likeness (QED) is 0.891. The molecule has 1 fully saturated rings. The summed E-state index contributed by atoms with van der Waals surface area (Å²) in [6.07, 6.45) is 3.31. The molecule has 7 nitrogen and oxygen atoms in total. The first-order valence-corrected chi connectivity index (χ1v) is 9.30. The predicted octanol–water partition coefficient (Wildman–Crippen LogP) is 1.89.